The number of nitrogens with one attached hydrogen (secondary N) is 2. The monoisotopic (exact) mass is 166 g/mol. The van der Waals surface area contributed by atoms with Crippen molar-refractivity contribution in [3.63, 3.8) is 0 Å². The van der Waals surface area contributed by atoms with Crippen molar-refractivity contribution in [3.8, 4) is 0 Å². The number of aryl methyl sites for hydroxylation is 1. The highest BCUT2D eigenvalue weighted by molar-refractivity contribution is 5.65. The highest BCUT2D eigenvalue weighted by Crippen LogP contribution is 1.96. The number of fused-ring (bicyclic) bond motifs is 1. The third kappa shape index (κ3) is 0.777. The summed E-state index contributed by atoms with van der Waals surface area (Å²) >= 11 is 0. The van der Waals surface area contributed by atoms with Gasteiger partial charge in [-0.2, -0.15) is 0 Å². The third-order valence-electron chi connectivity index (χ3n) is 1.66. The fourth-order valence-electron chi connectivity index (χ4n) is 1.09. The molecule has 4 N–H and O–H groups in total. The lowest BCUT2D eigenvalue weighted by atomic mass is 10.5. The summed E-state index contributed by atoms with van der Waals surface area (Å²) in [4.78, 5) is 20.3. The van der Waals surface area contributed by atoms with Gasteiger partial charge >= 0.3 is 5.65 Å². The first-order chi connectivity index (χ1) is 5.68. The van der Waals surface area contributed by atoms with Crippen LogP contribution < -0.4 is 15.9 Å². The van der Waals surface area contributed by atoms with Crippen molar-refractivity contribution in [2.75, 3.05) is 5.73 Å². The first kappa shape index (κ1) is 6.84. The molecule has 6 nitrogen and oxygen atoms in total. The molecule has 0 unspecified atom stereocenters. The smallest absolute Gasteiger partial charge is 0.311 e. The Balaban J connectivity index is 3.03. The van der Waals surface area contributed by atoms with E-state index in [1.165, 1.54) is 0 Å². The Morgan fingerprint density at radius 1 is 1.67 bits per heavy atom. The molecule has 0 aliphatic carbocycles. The maximum Gasteiger partial charge on any atom is 0.311 e. The summed E-state index contributed by atoms with van der Waals surface area (Å²) < 4.78 is 1.70. The van der Waals surface area contributed by atoms with Gasteiger partial charge in [0.25, 0.3) is 11.5 Å². The Morgan fingerprint density at radius 3 is 3.17 bits per heavy atom. The largest absolute Gasteiger partial charge is 0.355 e. The van der Waals surface area contributed by atoms with Crippen LogP contribution in [0, 0.1) is 0 Å². The molecule has 0 fully saturated rings. The first-order valence-corrected chi connectivity index (χ1v) is 3.41. The van der Waals surface area contributed by atoms with E-state index < -0.39 is 0 Å². The summed E-state index contributed by atoms with van der Waals surface area (Å²) in [7, 11) is 1.78. The second-order valence-corrected chi connectivity index (χ2v) is 2.53. The fourth-order valence-corrected chi connectivity index (χ4v) is 1.09. The summed E-state index contributed by atoms with van der Waals surface area (Å²) in [6.07, 6.45) is 1.65. The zero-order chi connectivity index (χ0) is 8.72. The van der Waals surface area contributed by atoms with Crippen LogP contribution in [0.2, 0.25) is 0 Å². The number of anilines is 1. The molecule has 0 aliphatic rings. The van der Waals surface area contributed by atoms with Gasteiger partial charge in [-0.1, -0.05) is 4.98 Å². The standard InChI is InChI=1S/C6H7N5O/c1-11-2-8-3-4(11)9-6(7)10-5(3)12/h2H,1H3,(H3,7,9,10,12)/p+1. The Morgan fingerprint density at radius 2 is 2.42 bits per heavy atom. The first-order valence-electron chi connectivity index (χ1n) is 3.41. The second kappa shape index (κ2) is 2.07. The van der Waals surface area contributed by atoms with Crippen molar-refractivity contribution in [2.24, 2.45) is 7.05 Å². The van der Waals surface area contributed by atoms with Gasteiger partial charge in [-0.15, -0.1) is 0 Å². The van der Waals surface area contributed by atoms with E-state index in [1.807, 2.05) is 0 Å². The molecule has 0 aliphatic heterocycles. The van der Waals surface area contributed by atoms with Gasteiger partial charge in [-0.25, -0.2) is 4.57 Å². The van der Waals surface area contributed by atoms with Gasteiger partial charge in [0.05, 0.1) is 7.05 Å². The molecule has 2 aromatic rings. The van der Waals surface area contributed by atoms with Crippen LogP contribution in [0.25, 0.3) is 11.2 Å². The highest BCUT2D eigenvalue weighted by Gasteiger charge is 2.12. The van der Waals surface area contributed by atoms with E-state index >= 15 is 0 Å². The Hall–Kier alpha value is -1.85. The zero-order valence-electron chi connectivity index (χ0n) is 6.46. The summed E-state index contributed by atoms with van der Waals surface area (Å²) in [5, 5.41) is 0. The van der Waals surface area contributed by atoms with Gasteiger partial charge < -0.3 is 5.73 Å². The number of aromatic nitrogens is 4. The van der Waals surface area contributed by atoms with Crippen LogP contribution in [-0.2, 0) is 7.05 Å². The van der Waals surface area contributed by atoms with E-state index in [0.717, 1.165) is 0 Å². The van der Waals surface area contributed by atoms with Gasteiger partial charge in [0.15, 0.2) is 6.33 Å². The molecule has 0 saturated carbocycles. The Labute approximate surface area is 67.1 Å². The van der Waals surface area contributed by atoms with Crippen LogP contribution in [0.1, 0.15) is 0 Å². The molecule has 0 bridgehead atoms. The van der Waals surface area contributed by atoms with Crippen LogP contribution in [0.4, 0.5) is 5.95 Å². The Bertz CT molecular complexity index is 482. The van der Waals surface area contributed by atoms with Gasteiger partial charge in [0.1, 0.15) is 0 Å². The van der Waals surface area contributed by atoms with Crippen LogP contribution in [0.15, 0.2) is 11.1 Å². The summed E-state index contributed by atoms with van der Waals surface area (Å²) in [6, 6.07) is 0. The van der Waals surface area contributed by atoms with E-state index in [0.29, 0.717) is 11.2 Å². The SMILES string of the molecule is C[n+]1c[nH]c2c(=O)[nH]c(N)nc21. The molecule has 0 aromatic carbocycles. The predicted molar refractivity (Wildman–Crippen MR) is 42.3 cm³/mol. The normalized spacial score (nSPS) is 10.8. The molecule has 0 amide bonds. The van der Waals surface area contributed by atoms with Gasteiger partial charge in [-0.05, 0) is 0 Å². The predicted octanol–water partition coefficient (Wildman–Crippen LogP) is -1.34. The minimum atomic E-state index is -0.252. The van der Waals surface area contributed by atoms with Crippen molar-refractivity contribution in [1.29, 1.82) is 0 Å². The molecule has 0 atom stereocenters. The highest BCUT2D eigenvalue weighted by atomic mass is 16.1. The van der Waals surface area contributed by atoms with Crippen molar-refractivity contribution >= 4 is 17.1 Å². The number of H-pyrrole nitrogens is 2. The molecule has 0 saturated heterocycles. The van der Waals surface area contributed by atoms with Crippen molar-refractivity contribution in [1.82, 2.24) is 15.0 Å². The number of aromatic amines is 2. The van der Waals surface area contributed by atoms with Gasteiger partial charge in [0.2, 0.25) is 5.52 Å². The van der Waals surface area contributed by atoms with E-state index in [-0.39, 0.29) is 11.5 Å². The molecule has 2 aromatic heterocycles. The van der Waals surface area contributed by atoms with E-state index in [1.54, 1.807) is 17.9 Å². The van der Waals surface area contributed by atoms with Crippen molar-refractivity contribution < 1.29 is 4.57 Å². The minimum absolute atomic E-state index is 0.128. The third-order valence-corrected chi connectivity index (χ3v) is 1.66. The number of rotatable bonds is 0. The van der Waals surface area contributed by atoms with Gasteiger partial charge in [-0.3, -0.25) is 14.8 Å². The summed E-state index contributed by atoms with van der Waals surface area (Å²) in [6.45, 7) is 0. The zero-order valence-corrected chi connectivity index (χ0v) is 6.46. The number of hydrogen-bond donors (Lipinski definition) is 3. The average molecular weight is 166 g/mol. The minimum Gasteiger partial charge on any atom is -0.355 e. The lowest BCUT2D eigenvalue weighted by molar-refractivity contribution is -0.646. The maximum atomic E-state index is 11.2. The van der Waals surface area contributed by atoms with Crippen LogP contribution in [0.3, 0.4) is 0 Å². The molecule has 2 rings (SSSR count). The number of nitrogen functional groups attached to an aromatic ring is 1. The molecule has 0 spiro atoms. The molecule has 0 radical (unpaired) electrons. The summed E-state index contributed by atoms with van der Waals surface area (Å²) in [5.41, 5.74) is 6.10. The van der Waals surface area contributed by atoms with Crippen molar-refractivity contribution in [3.05, 3.63) is 16.7 Å². The van der Waals surface area contributed by atoms with E-state index in [4.69, 9.17) is 5.73 Å². The summed E-state index contributed by atoms with van der Waals surface area (Å²) in [5.74, 6) is 0.128. The second-order valence-electron chi connectivity index (χ2n) is 2.53. The van der Waals surface area contributed by atoms with Gasteiger partial charge in [0, 0.05) is 0 Å². The molecular formula is C6H8N5O+. The maximum absolute atomic E-state index is 11.2. The number of imidazole rings is 1. The number of nitrogens with zero attached hydrogens (tertiary/aromatic N) is 2. The topological polar surface area (TPSA) is 91.4 Å². The lowest BCUT2D eigenvalue weighted by Crippen LogP contribution is -2.27. The van der Waals surface area contributed by atoms with E-state index in [2.05, 4.69) is 15.0 Å². The van der Waals surface area contributed by atoms with E-state index in [9.17, 15) is 4.79 Å². The molecule has 12 heavy (non-hydrogen) atoms. The lowest BCUT2D eigenvalue weighted by Gasteiger charge is -1.86. The number of nitrogens with two attached hydrogens (primary N) is 1. The van der Waals surface area contributed by atoms with Crippen LogP contribution >= 0.6 is 0 Å². The quantitative estimate of drug-likeness (QED) is 0.423. The Kier molecular flexibility index (Phi) is 1.18. The molecular weight excluding hydrogens is 158 g/mol. The molecule has 6 heteroatoms. The molecule has 62 valence electrons. The fraction of sp³-hybridized carbons (Fsp3) is 0.167. The number of hydrogen-bond acceptors (Lipinski definition) is 3. The van der Waals surface area contributed by atoms with Crippen LogP contribution in [0.5, 0.6) is 0 Å². The average Bonchev–Trinajstić information content (AvgIpc) is 2.33. The van der Waals surface area contributed by atoms with Crippen LogP contribution in [-0.4, -0.2) is 15.0 Å². The molecule has 2 heterocycles. The van der Waals surface area contributed by atoms with Crippen molar-refractivity contribution in [2.45, 2.75) is 0 Å².